The Hall–Kier alpha value is -3.34. The second-order valence-electron chi connectivity index (χ2n) is 6.35. The third-order valence-corrected chi connectivity index (χ3v) is 4.73. The minimum Gasteiger partial charge on any atom is -0.494 e. The first-order valence-corrected chi connectivity index (χ1v) is 8.53. The van der Waals surface area contributed by atoms with Gasteiger partial charge in [0.15, 0.2) is 11.6 Å². The van der Waals surface area contributed by atoms with Crippen molar-refractivity contribution in [3.8, 4) is 5.75 Å². The lowest BCUT2D eigenvalue weighted by Crippen LogP contribution is -2.01. The van der Waals surface area contributed by atoms with E-state index >= 15 is 0 Å². The molecule has 136 valence electrons. The van der Waals surface area contributed by atoms with Gasteiger partial charge in [0.1, 0.15) is 0 Å². The smallest absolute Gasteiger partial charge is 0.340 e. The molecular weight excluding hydrogens is 345 g/mol. The number of esters is 1. The normalized spacial score (nSPS) is 11.1. The van der Waals surface area contributed by atoms with Gasteiger partial charge in [0.25, 0.3) is 0 Å². The van der Waals surface area contributed by atoms with Crippen molar-refractivity contribution in [2.45, 2.75) is 6.54 Å². The minimum absolute atomic E-state index is 0.136. The third-order valence-electron chi connectivity index (χ3n) is 4.73. The predicted octanol–water partition coefficient (Wildman–Crippen LogP) is 4.78. The van der Waals surface area contributed by atoms with Crippen molar-refractivity contribution >= 4 is 27.6 Å². The number of ether oxygens (including phenoxy) is 2. The SMILES string of the molecule is COC(=O)c1cn(Cc2ccc3ccccc3c2)c2cc(OC)c(F)cc12. The molecule has 3 aromatic carbocycles. The van der Waals surface area contributed by atoms with Crippen LogP contribution in [-0.2, 0) is 11.3 Å². The standard InChI is InChI=1S/C22H18FNO3/c1-26-21-11-20-17(10-19(21)23)18(22(25)27-2)13-24(20)12-14-7-8-15-5-3-4-6-16(15)9-14/h3-11,13H,12H2,1-2H3. The number of hydrogen-bond acceptors (Lipinski definition) is 3. The van der Waals surface area contributed by atoms with E-state index in [0.29, 0.717) is 23.0 Å². The Morgan fingerprint density at radius 3 is 2.56 bits per heavy atom. The van der Waals surface area contributed by atoms with Crippen molar-refractivity contribution in [3.63, 3.8) is 0 Å². The molecule has 0 fully saturated rings. The van der Waals surface area contributed by atoms with Crippen LogP contribution < -0.4 is 4.74 Å². The van der Waals surface area contributed by atoms with E-state index in [-0.39, 0.29) is 5.75 Å². The van der Waals surface area contributed by atoms with E-state index in [9.17, 15) is 9.18 Å². The van der Waals surface area contributed by atoms with Gasteiger partial charge in [0.2, 0.25) is 0 Å². The Morgan fingerprint density at radius 1 is 1.04 bits per heavy atom. The molecule has 0 aliphatic carbocycles. The summed E-state index contributed by atoms with van der Waals surface area (Å²) >= 11 is 0. The molecule has 0 saturated heterocycles. The van der Waals surface area contributed by atoms with Crippen molar-refractivity contribution in [1.82, 2.24) is 4.57 Å². The molecule has 0 spiro atoms. The van der Waals surface area contributed by atoms with Gasteiger partial charge in [-0.1, -0.05) is 36.4 Å². The number of aromatic nitrogens is 1. The Labute approximate surface area is 155 Å². The number of hydrogen-bond donors (Lipinski definition) is 0. The Morgan fingerprint density at radius 2 is 1.81 bits per heavy atom. The Balaban J connectivity index is 1.85. The quantitative estimate of drug-likeness (QED) is 0.490. The molecule has 0 aliphatic rings. The molecule has 0 unspecified atom stereocenters. The number of nitrogens with zero attached hydrogens (tertiary/aromatic N) is 1. The molecule has 0 radical (unpaired) electrons. The summed E-state index contributed by atoms with van der Waals surface area (Å²) in [7, 11) is 2.73. The topological polar surface area (TPSA) is 40.5 Å². The molecule has 0 aliphatic heterocycles. The van der Waals surface area contributed by atoms with Crippen molar-refractivity contribution in [2.75, 3.05) is 14.2 Å². The van der Waals surface area contributed by atoms with Crippen LogP contribution in [0.2, 0.25) is 0 Å². The fourth-order valence-corrected chi connectivity index (χ4v) is 3.38. The van der Waals surface area contributed by atoms with Crippen molar-refractivity contribution in [3.05, 3.63) is 77.7 Å². The van der Waals surface area contributed by atoms with E-state index in [2.05, 4.69) is 24.3 Å². The van der Waals surface area contributed by atoms with E-state index in [4.69, 9.17) is 9.47 Å². The summed E-state index contributed by atoms with van der Waals surface area (Å²) in [6.45, 7) is 0.535. The van der Waals surface area contributed by atoms with Gasteiger partial charge < -0.3 is 14.0 Å². The van der Waals surface area contributed by atoms with Gasteiger partial charge in [-0.05, 0) is 28.5 Å². The summed E-state index contributed by atoms with van der Waals surface area (Å²) in [4.78, 5) is 12.1. The van der Waals surface area contributed by atoms with Crippen LogP contribution in [0.25, 0.3) is 21.7 Å². The van der Waals surface area contributed by atoms with E-state index in [0.717, 1.165) is 16.3 Å². The lowest BCUT2D eigenvalue weighted by molar-refractivity contribution is 0.0602. The number of rotatable bonds is 4. The van der Waals surface area contributed by atoms with E-state index in [1.54, 1.807) is 12.3 Å². The second kappa shape index (κ2) is 6.76. The minimum atomic E-state index is -0.515. The third kappa shape index (κ3) is 3.01. The first kappa shape index (κ1) is 17.1. The van der Waals surface area contributed by atoms with Crippen molar-refractivity contribution in [1.29, 1.82) is 0 Å². The monoisotopic (exact) mass is 363 g/mol. The van der Waals surface area contributed by atoms with Crippen LogP contribution in [0, 0.1) is 5.82 Å². The van der Waals surface area contributed by atoms with Crippen molar-refractivity contribution < 1.29 is 18.7 Å². The fraction of sp³-hybridized carbons (Fsp3) is 0.136. The number of fused-ring (bicyclic) bond motifs is 2. The molecule has 27 heavy (non-hydrogen) atoms. The van der Waals surface area contributed by atoms with Gasteiger partial charge >= 0.3 is 5.97 Å². The number of carbonyl (C=O) groups excluding carboxylic acids is 1. The molecule has 1 aromatic heterocycles. The predicted molar refractivity (Wildman–Crippen MR) is 103 cm³/mol. The average Bonchev–Trinajstić information content (AvgIpc) is 3.03. The molecule has 0 saturated carbocycles. The zero-order valence-corrected chi connectivity index (χ0v) is 15.0. The molecule has 0 atom stereocenters. The first-order chi connectivity index (χ1) is 13.1. The van der Waals surface area contributed by atoms with Crippen LogP contribution in [0.4, 0.5) is 4.39 Å². The van der Waals surface area contributed by atoms with E-state index in [1.165, 1.54) is 20.3 Å². The Bertz CT molecular complexity index is 1160. The maximum atomic E-state index is 14.2. The lowest BCUT2D eigenvalue weighted by Gasteiger charge is -2.08. The summed E-state index contributed by atoms with van der Waals surface area (Å²) in [6, 6.07) is 17.3. The lowest BCUT2D eigenvalue weighted by atomic mass is 10.1. The van der Waals surface area contributed by atoms with Crippen LogP contribution >= 0.6 is 0 Å². The van der Waals surface area contributed by atoms with Crippen LogP contribution in [0.15, 0.2) is 60.8 Å². The molecule has 5 heteroatoms. The van der Waals surface area contributed by atoms with Gasteiger partial charge in [-0.15, -0.1) is 0 Å². The summed E-state index contributed by atoms with van der Waals surface area (Å²) < 4.78 is 26.1. The Kier molecular flexibility index (Phi) is 4.28. The van der Waals surface area contributed by atoms with Crippen LogP contribution in [-0.4, -0.2) is 24.8 Å². The van der Waals surface area contributed by atoms with E-state index < -0.39 is 11.8 Å². The zero-order chi connectivity index (χ0) is 19.0. The second-order valence-corrected chi connectivity index (χ2v) is 6.35. The maximum absolute atomic E-state index is 14.2. The van der Waals surface area contributed by atoms with Crippen LogP contribution in [0.1, 0.15) is 15.9 Å². The highest BCUT2D eigenvalue weighted by Gasteiger charge is 2.18. The molecule has 4 rings (SSSR count). The molecule has 4 aromatic rings. The van der Waals surface area contributed by atoms with E-state index in [1.807, 2.05) is 22.8 Å². The van der Waals surface area contributed by atoms with Crippen LogP contribution in [0.3, 0.4) is 0 Å². The summed E-state index contributed by atoms with van der Waals surface area (Å²) in [6.07, 6.45) is 1.70. The van der Waals surface area contributed by atoms with Gasteiger partial charge in [-0.2, -0.15) is 0 Å². The molecule has 0 N–H and O–H groups in total. The largest absolute Gasteiger partial charge is 0.494 e. The average molecular weight is 363 g/mol. The maximum Gasteiger partial charge on any atom is 0.340 e. The number of methoxy groups -OCH3 is 2. The summed E-state index contributed by atoms with van der Waals surface area (Å²) in [5.74, 6) is -0.878. The molecular formula is C22H18FNO3. The fourth-order valence-electron chi connectivity index (χ4n) is 3.38. The number of carbonyl (C=O) groups is 1. The number of halogens is 1. The summed E-state index contributed by atoms with van der Waals surface area (Å²) in [5, 5.41) is 2.81. The molecule has 0 amide bonds. The first-order valence-electron chi connectivity index (χ1n) is 8.53. The summed E-state index contributed by atoms with van der Waals surface area (Å²) in [5.41, 5.74) is 2.11. The van der Waals surface area contributed by atoms with Crippen LogP contribution in [0.5, 0.6) is 5.75 Å². The number of benzene rings is 3. The highest BCUT2D eigenvalue weighted by atomic mass is 19.1. The van der Waals surface area contributed by atoms with Gasteiger partial charge in [0, 0.05) is 24.2 Å². The molecule has 4 nitrogen and oxygen atoms in total. The van der Waals surface area contributed by atoms with Gasteiger partial charge in [-0.3, -0.25) is 0 Å². The highest BCUT2D eigenvalue weighted by molar-refractivity contribution is 6.04. The van der Waals surface area contributed by atoms with Crippen molar-refractivity contribution in [2.24, 2.45) is 0 Å². The van der Waals surface area contributed by atoms with Gasteiger partial charge in [-0.25, -0.2) is 9.18 Å². The highest BCUT2D eigenvalue weighted by Crippen LogP contribution is 2.30. The molecule has 1 heterocycles. The molecule has 0 bridgehead atoms. The zero-order valence-electron chi connectivity index (χ0n) is 15.0. The van der Waals surface area contributed by atoms with Gasteiger partial charge in [0.05, 0.1) is 25.3 Å².